The molecule has 1 aromatic heterocycles. The second-order valence-electron chi connectivity index (χ2n) is 6.79. The lowest BCUT2D eigenvalue weighted by Gasteiger charge is -2.13. The van der Waals surface area contributed by atoms with Crippen molar-refractivity contribution in [1.82, 2.24) is 9.47 Å². The summed E-state index contributed by atoms with van der Waals surface area (Å²) in [5, 5.41) is 1.28. The number of para-hydroxylation sites is 1. The Morgan fingerprint density at radius 1 is 0.654 bits per heavy atom. The van der Waals surface area contributed by atoms with Gasteiger partial charge in [0.1, 0.15) is 0 Å². The molecule has 0 N–H and O–H groups in total. The Morgan fingerprint density at radius 2 is 1.27 bits per heavy atom. The molecule has 0 bridgehead atoms. The largest absolute Gasteiger partial charge is 0.347 e. The van der Waals surface area contributed by atoms with Crippen LogP contribution in [0, 0.1) is 0 Å². The molecule has 2 amide bonds. The quantitative estimate of drug-likeness (QED) is 0.467. The van der Waals surface area contributed by atoms with E-state index in [4.69, 9.17) is 0 Å². The van der Waals surface area contributed by atoms with Crippen LogP contribution in [0.4, 0.5) is 0 Å². The highest BCUT2D eigenvalue weighted by Gasteiger charge is 2.34. The van der Waals surface area contributed by atoms with Crippen LogP contribution in [0.5, 0.6) is 0 Å². The third-order valence-corrected chi connectivity index (χ3v) is 5.09. The number of aryl methyl sites for hydroxylation is 1. The van der Waals surface area contributed by atoms with E-state index in [1.54, 1.807) is 24.3 Å². The Labute approximate surface area is 153 Å². The maximum Gasteiger partial charge on any atom is 0.261 e. The standard InChI is InChI=1S/C22H22N2O2/c25-21-18-10-4-5-11-19(18)22(26)24(21)15-8-2-1-7-14-23-16-13-17-9-3-6-12-20(17)23/h3-6,9-13,16H,1-2,7-8,14-15H2. The van der Waals surface area contributed by atoms with Gasteiger partial charge in [0, 0.05) is 24.8 Å². The smallest absolute Gasteiger partial charge is 0.261 e. The van der Waals surface area contributed by atoms with Gasteiger partial charge in [-0.1, -0.05) is 43.2 Å². The van der Waals surface area contributed by atoms with Gasteiger partial charge in [-0.3, -0.25) is 14.5 Å². The van der Waals surface area contributed by atoms with Gasteiger partial charge in [-0.15, -0.1) is 0 Å². The number of nitrogens with zero attached hydrogens (tertiary/aromatic N) is 2. The van der Waals surface area contributed by atoms with Crippen LogP contribution in [-0.4, -0.2) is 27.8 Å². The predicted octanol–water partition coefficient (Wildman–Crippen LogP) is 4.50. The molecule has 0 radical (unpaired) electrons. The number of aromatic nitrogens is 1. The molecule has 0 saturated carbocycles. The summed E-state index contributed by atoms with van der Waals surface area (Å²) in [6, 6.07) is 17.6. The molecule has 1 aliphatic rings. The molecule has 4 nitrogen and oxygen atoms in total. The Morgan fingerprint density at radius 3 is 2.00 bits per heavy atom. The van der Waals surface area contributed by atoms with Crippen LogP contribution in [0.25, 0.3) is 10.9 Å². The summed E-state index contributed by atoms with van der Waals surface area (Å²) in [5.74, 6) is -0.297. The van der Waals surface area contributed by atoms with E-state index in [0.29, 0.717) is 17.7 Å². The lowest BCUT2D eigenvalue weighted by Crippen LogP contribution is -2.30. The van der Waals surface area contributed by atoms with E-state index >= 15 is 0 Å². The molecule has 1 aliphatic heterocycles. The summed E-state index contributed by atoms with van der Waals surface area (Å²) in [7, 11) is 0. The predicted molar refractivity (Wildman–Crippen MR) is 102 cm³/mol. The number of hydrogen-bond acceptors (Lipinski definition) is 2. The van der Waals surface area contributed by atoms with Crippen molar-refractivity contribution in [2.24, 2.45) is 0 Å². The van der Waals surface area contributed by atoms with Crippen molar-refractivity contribution in [2.75, 3.05) is 6.54 Å². The molecule has 0 aliphatic carbocycles. The van der Waals surface area contributed by atoms with Crippen molar-refractivity contribution in [3.63, 3.8) is 0 Å². The number of imide groups is 1. The molecule has 0 unspecified atom stereocenters. The molecule has 0 saturated heterocycles. The first kappa shape index (κ1) is 16.6. The van der Waals surface area contributed by atoms with Crippen LogP contribution in [0.3, 0.4) is 0 Å². The van der Waals surface area contributed by atoms with E-state index in [1.165, 1.54) is 15.8 Å². The van der Waals surface area contributed by atoms with Crippen molar-refractivity contribution in [3.05, 3.63) is 71.9 Å². The van der Waals surface area contributed by atoms with Crippen molar-refractivity contribution >= 4 is 22.7 Å². The highest BCUT2D eigenvalue weighted by molar-refractivity contribution is 6.21. The molecule has 4 heteroatoms. The van der Waals surface area contributed by atoms with Crippen LogP contribution in [0.1, 0.15) is 46.4 Å². The first-order valence-electron chi connectivity index (χ1n) is 9.25. The van der Waals surface area contributed by atoms with Gasteiger partial charge in [-0.25, -0.2) is 0 Å². The molecule has 26 heavy (non-hydrogen) atoms. The van der Waals surface area contributed by atoms with E-state index in [0.717, 1.165) is 32.2 Å². The Hall–Kier alpha value is -2.88. The van der Waals surface area contributed by atoms with Crippen LogP contribution in [0.2, 0.25) is 0 Å². The van der Waals surface area contributed by atoms with Crippen LogP contribution in [-0.2, 0) is 6.54 Å². The van der Waals surface area contributed by atoms with Gasteiger partial charge in [-0.05, 0) is 42.5 Å². The molecule has 2 heterocycles. The van der Waals surface area contributed by atoms with Gasteiger partial charge in [0.25, 0.3) is 11.8 Å². The Bertz CT molecular complexity index is 922. The molecular formula is C22H22N2O2. The van der Waals surface area contributed by atoms with E-state index in [2.05, 4.69) is 41.1 Å². The number of fused-ring (bicyclic) bond motifs is 2. The summed E-state index contributed by atoms with van der Waals surface area (Å²) >= 11 is 0. The average molecular weight is 346 g/mol. The Kier molecular flexibility index (Phi) is 4.57. The number of amides is 2. The summed E-state index contributed by atoms with van der Waals surface area (Å²) in [6.45, 7) is 1.51. The van der Waals surface area contributed by atoms with Gasteiger partial charge in [0.15, 0.2) is 0 Å². The second kappa shape index (κ2) is 7.16. The second-order valence-corrected chi connectivity index (χ2v) is 6.79. The first-order valence-corrected chi connectivity index (χ1v) is 9.25. The number of benzene rings is 2. The van der Waals surface area contributed by atoms with Crippen LogP contribution in [0.15, 0.2) is 60.8 Å². The summed E-state index contributed by atoms with van der Waals surface area (Å²) in [6.07, 6.45) is 6.21. The number of rotatable bonds is 7. The van der Waals surface area contributed by atoms with Gasteiger partial charge >= 0.3 is 0 Å². The van der Waals surface area contributed by atoms with E-state index in [9.17, 15) is 9.59 Å². The first-order chi connectivity index (χ1) is 12.8. The summed E-state index contributed by atoms with van der Waals surface area (Å²) in [4.78, 5) is 26.0. The minimum atomic E-state index is -0.149. The summed E-state index contributed by atoms with van der Waals surface area (Å²) < 4.78 is 2.29. The zero-order valence-corrected chi connectivity index (χ0v) is 14.7. The topological polar surface area (TPSA) is 42.3 Å². The minimum Gasteiger partial charge on any atom is -0.347 e. The van der Waals surface area contributed by atoms with Crippen LogP contribution >= 0.6 is 0 Å². The molecule has 0 spiro atoms. The van der Waals surface area contributed by atoms with Gasteiger partial charge in [-0.2, -0.15) is 0 Å². The molecular weight excluding hydrogens is 324 g/mol. The van der Waals surface area contributed by atoms with Crippen molar-refractivity contribution in [1.29, 1.82) is 0 Å². The zero-order chi connectivity index (χ0) is 17.9. The lowest BCUT2D eigenvalue weighted by molar-refractivity contribution is 0.0651. The molecule has 132 valence electrons. The average Bonchev–Trinajstić information content (AvgIpc) is 3.19. The Balaban J connectivity index is 1.23. The lowest BCUT2D eigenvalue weighted by atomic mass is 10.1. The highest BCUT2D eigenvalue weighted by Crippen LogP contribution is 2.23. The van der Waals surface area contributed by atoms with E-state index in [1.807, 2.05) is 0 Å². The minimum absolute atomic E-state index is 0.149. The van der Waals surface area contributed by atoms with Crippen molar-refractivity contribution in [3.8, 4) is 0 Å². The van der Waals surface area contributed by atoms with Crippen molar-refractivity contribution in [2.45, 2.75) is 32.2 Å². The summed E-state index contributed by atoms with van der Waals surface area (Å²) in [5.41, 5.74) is 2.35. The van der Waals surface area contributed by atoms with E-state index < -0.39 is 0 Å². The maximum atomic E-state index is 12.3. The third kappa shape index (κ3) is 3.03. The maximum absolute atomic E-state index is 12.3. The van der Waals surface area contributed by atoms with Gasteiger partial charge < -0.3 is 4.57 Å². The van der Waals surface area contributed by atoms with Gasteiger partial charge in [0.05, 0.1) is 11.1 Å². The molecule has 2 aromatic carbocycles. The molecule has 0 fully saturated rings. The van der Waals surface area contributed by atoms with Gasteiger partial charge in [0.2, 0.25) is 0 Å². The fraction of sp³-hybridized carbons (Fsp3) is 0.273. The fourth-order valence-corrected chi connectivity index (χ4v) is 3.68. The third-order valence-electron chi connectivity index (χ3n) is 5.09. The molecule has 0 atom stereocenters. The number of unbranched alkanes of at least 4 members (excludes halogenated alkanes) is 3. The molecule has 3 aromatic rings. The number of hydrogen-bond donors (Lipinski definition) is 0. The highest BCUT2D eigenvalue weighted by atomic mass is 16.2. The van der Waals surface area contributed by atoms with Crippen LogP contribution < -0.4 is 0 Å². The zero-order valence-electron chi connectivity index (χ0n) is 14.7. The van der Waals surface area contributed by atoms with Crippen molar-refractivity contribution < 1.29 is 9.59 Å². The monoisotopic (exact) mass is 346 g/mol. The van der Waals surface area contributed by atoms with E-state index in [-0.39, 0.29) is 11.8 Å². The fourth-order valence-electron chi connectivity index (χ4n) is 3.68. The molecule has 4 rings (SSSR count). The normalized spacial score (nSPS) is 13.6. The number of carbonyl (C=O) groups is 2. The SMILES string of the molecule is O=C1c2ccccc2C(=O)N1CCCCCCn1ccc2ccccc21. The number of carbonyl (C=O) groups excluding carboxylic acids is 2.